The molecule has 19 heavy (non-hydrogen) atoms. The molecule has 0 radical (unpaired) electrons. The zero-order valence-electron chi connectivity index (χ0n) is 11.7. The predicted molar refractivity (Wildman–Crippen MR) is 84.4 cm³/mol. The van der Waals surface area contributed by atoms with Crippen molar-refractivity contribution in [3.05, 3.63) is 34.3 Å². The van der Waals surface area contributed by atoms with E-state index in [4.69, 9.17) is 0 Å². The maximum absolute atomic E-state index is 3.78. The lowest BCUT2D eigenvalue weighted by atomic mass is 9.76. The van der Waals surface area contributed by atoms with E-state index < -0.39 is 0 Å². The molecule has 0 bridgehead atoms. The molecular formula is C17H24BrN. The lowest BCUT2D eigenvalue weighted by Gasteiger charge is -2.37. The standard InChI is InChI=1S/C17H24BrN/c1-12-2-3-13(8-12)11-19-17-9-15(10-17)14-4-6-16(18)7-5-14/h4-7,12-13,15,17,19H,2-3,8-11H2,1H3. The summed E-state index contributed by atoms with van der Waals surface area (Å²) in [5.74, 6) is 2.69. The van der Waals surface area contributed by atoms with E-state index in [0.29, 0.717) is 0 Å². The Hall–Kier alpha value is -0.340. The highest BCUT2D eigenvalue weighted by atomic mass is 79.9. The fourth-order valence-corrected chi connectivity index (χ4v) is 3.90. The first kappa shape index (κ1) is 13.6. The molecule has 1 aromatic rings. The predicted octanol–water partition coefficient (Wildman–Crippen LogP) is 4.72. The molecule has 0 saturated heterocycles. The van der Waals surface area contributed by atoms with Crippen molar-refractivity contribution in [2.45, 2.75) is 51.0 Å². The maximum Gasteiger partial charge on any atom is 0.0175 e. The fourth-order valence-electron chi connectivity index (χ4n) is 3.64. The molecule has 1 N–H and O–H groups in total. The van der Waals surface area contributed by atoms with Crippen molar-refractivity contribution in [1.82, 2.24) is 5.32 Å². The second-order valence-corrected chi connectivity index (χ2v) is 7.52. The third-order valence-corrected chi connectivity index (χ3v) is 5.51. The van der Waals surface area contributed by atoms with E-state index in [9.17, 15) is 0 Å². The third kappa shape index (κ3) is 3.41. The van der Waals surface area contributed by atoms with Crippen molar-refractivity contribution in [1.29, 1.82) is 0 Å². The molecule has 2 aliphatic carbocycles. The van der Waals surface area contributed by atoms with Gasteiger partial charge in [0.05, 0.1) is 0 Å². The maximum atomic E-state index is 3.78. The molecule has 2 aliphatic rings. The lowest BCUT2D eigenvalue weighted by molar-refractivity contribution is 0.275. The highest BCUT2D eigenvalue weighted by Crippen LogP contribution is 2.38. The van der Waals surface area contributed by atoms with Gasteiger partial charge in [0.25, 0.3) is 0 Å². The molecule has 2 fully saturated rings. The summed E-state index contributed by atoms with van der Waals surface area (Å²) in [4.78, 5) is 0. The van der Waals surface area contributed by atoms with E-state index in [2.05, 4.69) is 52.4 Å². The first-order valence-corrected chi connectivity index (χ1v) is 8.49. The SMILES string of the molecule is CC1CCC(CNC2CC(c3ccc(Br)cc3)C2)C1. The lowest BCUT2D eigenvalue weighted by Crippen LogP contribution is -2.41. The molecule has 2 saturated carbocycles. The van der Waals surface area contributed by atoms with Crippen LogP contribution < -0.4 is 5.32 Å². The minimum absolute atomic E-state index is 0.768. The van der Waals surface area contributed by atoms with E-state index in [1.807, 2.05) is 0 Å². The van der Waals surface area contributed by atoms with Gasteiger partial charge in [0.15, 0.2) is 0 Å². The van der Waals surface area contributed by atoms with Crippen LogP contribution in [0.4, 0.5) is 0 Å². The Morgan fingerprint density at radius 2 is 1.84 bits per heavy atom. The van der Waals surface area contributed by atoms with Crippen LogP contribution in [0, 0.1) is 11.8 Å². The Balaban J connectivity index is 1.39. The van der Waals surface area contributed by atoms with Gasteiger partial charge in [-0.1, -0.05) is 41.4 Å². The van der Waals surface area contributed by atoms with Gasteiger partial charge >= 0.3 is 0 Å². The third-order valence-electron chi connectivity index (χ3n) is 4.98. The topological polar surface area (TPSA) is 12.0 Å². The average molecular weight is 322 g/mol. The molecule has 0 aliphatic heterocycles. The highest BCUT2D eigenvalue weighted by molar-refractivity contribution is 9.10. The summed E-state index contributed by atoms with van der Waals surface area (Å²) < 4.78 is 1.18. The molecular weight excluding hydrogens is 298 g/mol. The first-order chi connectivity index (χ1) is 9.20. The largest absolute Gasteiger partial charge is 0.314 e. The van der Waals surface area contributed by atoms with Gasteiger partial charge in [-0.2, -0.15) is 0 Å². The van der Waals surface area contributed by atoms with Gasteiger partial charge in [0.2, 0.25) is 0 Å². The zero-order chi connectivity index (χ0) is 13.2. The molecule has 0 aromatic heterocycles. The Morgan fingerprint density at radius 1 is 1.11 bits per heavy atom. The Kier molecular flexibility index (Phi) is 4.28. The van der Waals surface area contributed by atoms with Crippen LogP contribution in [0.2, 0.25) is 0 Å². The van der Waals surface area contributed by atoms with Crippen LogP contribution >= 0.6 is 15.9 Å². The van der Waals surface area contributed by atoms with Gasteiger partial charge < -0.3 is 5.32 Å². The minimum Gasteiger partial charge on any atom is -0.314 e. The Bertz CT molecular complexity index is 408. The van der Waals surface area contributed by atoms with Crippen molar-refractivity contribution in [3.63, 3.8) is 0 Å². The van der Waals surface area contributed by atoms with Crippen molar-refractivity contribution < 1.29 is 0 Å². The molecule has 3 rings (SSSR count). The summed E-state index contributed by atoms with van der Waals surface area (Å²) in [5, 5.41) is 3.78. The summed E-state index contributed by atoms with van der Waals surface area (Å²) in [6.45, 7) is 3.65. The molecule has 2 unspecified atom stereocenters. The Labute approximate surface area is 125 Å². The average Bonchev–Trinajstić information content (AvgIpc) is 2.75. The summed E-state index contributed by atoms with van der Waals surface area (Å²) in [6, 6.07) is 9.63. The summed E-state index contributed by atoms with van der Waals surface area (Å²) in [5.41, 5.74) is 1.51. The second kappa shape index (κ2) is 5.97. The summed E-state index contributed by atoms with van der Waals surface area (Å²) in [7, 11) is 0. The van der Waals surface area contributed by atoms with Gasteiger partial charge in [-0.15, -0.1) is 0 Å². The van der Waals surface area contributed by atoms with Crippen molar-refractivity contribution in [3.8, 4) is 0 Å². The summed E-state index contributed by atoms with van der Waals surface area (Å²) in [6.07, 6.45) is 6.97. The Morgan fingerprint density at radius 3 is 2.47 bits per heavy atom. The fraction of sp³-hybridized carbons (Fsp3) is 0.647. The van der Waals surface area contributed by atoms with E-state index in [0.717, 1.165) is 23.8 Å². The van der Waals surface area contributed by atoms with Gasteiger partial charge in [-0.05, 0) is 67.7 Å². The van der Waals surface area contributed by atoms with Gasteiger partial charge in [0.1, 0.15) is 0 Å². The number of rotatable bonds is 4. The molecule has 0 amide bonds. The van der Waals surface area contributed by atoms with Crippen LogP contribution in [0.3, 0.4) is 0 Å². The quantitative estimate of drug-likeness (QED) is 0.846. The number of hydrogen-bond donors (Lipinski definition) is 1. The molecule has 0 heterocycles. The number of nitrogens with one attached hydrogen (secondary N) is 1. The van der Waals surface area contributed by atoms with Crippen LogP contribution in [0.1, 0.15) is 50.5 Å². The van der Waals surface area contributed by atoms with Crippen molar-refractivity contribution >= 4 is 15.9 Å². The number of hydrogen-bond acceptors (Lipinski definition) is 1. The van der Waals surface area contributed by atoms with Crippen LogP contribution in [0.15, 0.2) is 28.7 Å². The van der Waals surface area contributed by atoms with Crippen LogP contribution in [-0.4, -0.2) is 12.6 Å². The van der Waals surface area contributed by atoms with E-state index in [-0.39, 0.29) is 0 Å². The van der Waals surface area contributed by atoms with Crippen molar-refractivity contribution in [2.75, 3.05) is 6.54 Å². The molecule has 1 aromatic carbocycles. The van der Waals surface area contributed by atoms with Gasteiger partial charge in [-0.3, -0.25) is 0 Å². The molecule has 0 spiro atoms. The summed E-state index contributed by atoms with van der Waals surface area (Å²) >= 11 is 3.50. The molecule has 2 heteroatoms. The first-order valence-electron chi connectivity index (χ1n) is 7.69. The normalized spacial score (nSPS) is 34.2. The number of halogens is 1. The monoisotopic (exact) mass is 321 g/mol. The smallest absolute Gasteiger partial charge is 0.0175 e. The van der Waals surface area contributed by atoms with E-state index in [1.165, 1.54) is 48.7 Å². The highest BCUT2D eigenvalue weighted by Gasteiger charge is 2.31. The van der Waals surface area contributed by atoms with Crippen LogP contribution in [0.5, 0.6) is 0 Å². The van der Waals surface area contributed by atoms with E-state index in [1.54, 1.807) is 0 Å². The minimum atomic E-state index is 0.768. The van der Waals surface area contributed by atoms with Gasteiger partial charge in [-0.25, -0.2) is 0 Å². The molecule has 2 atom stereocenters. The zero-order valence-corrected chi connectivity index (χ0v) is 13.3. The van der Waals surface area contributed by atoms with Crippen molar-refractivity contribution in [2.24, 2.45) is 11.8 Å². The molecule has 104 valence electrons. The van der Waals surface area contributed by atoms with Crippen LogP contribution in [0.25, 0.3) is 0 Å². The van der Waals surface area contributed by atoms with Gasteiger partial charge in [0, 0.05) is 10.5 Å². The van der Waals surface area contributed by atoms with E-state index >= 15 is 0 Å². The molecule has 1 nitrogen and oxygen atoms in total. The van der Waals surface area contributed by atoms with Crippen LogP contribution in [-0.2, 0) is 0 Å². The second-order valence-electron chi connectivity index (χ2n) is 6.61. The number of benzene rings is 1.